The van der Waals surface area contributed by atoms with Gasteiger partial charge in [0.15, 0.2) is 0 Å². The second-order valence-electron chi connectivity index (χ2n) is 5.37. The van der Waals surface area contributed by atoms with E-state index in [4.69, 9.17) is 5.11 Å². The zero-order valence-electron chi connectivity index (χ0n) is 10.7. The molecule has 0 saturated carbocycles. The number of rotatable bonds is 6. The van der Waals surface area contributed by atoms with E-state index in [1.165, 1.54) is 11.8 Å². The molecule has 0 aliphatic rings. The van der Waals surface area contributed by atoms with E-state index in [0.717, 1.165) is 11.3 Å². The first-order valence-corrected chi connectivity index (χ1v) is 10.6. The van der Waals surface area contributed by atoms with Crippen molar-refractivity contribution in [2.75, 3.05) is 5.75 Å². The van der Waals surface area contributed by atoms with Crippen molar-refractivity contribution < 1.29 is 9.90 Å². The number of carboxylic acid groups (broad SMARTS) is 1. The van der Waals surface area contributed by atoms with Gasteiger partial charge >= 0.3 is 5.97 Å². The Hall–Kier alpha value is -0.743. The third kappa shape index (κ3) is 5.93. The van der Waals surface area contributed by atoms with Crippen molar-refractivity contribution in [3.63, 3.8) is 0 Å². The molecule has 94 valence electrons. The van der Waals surface area contributed by atoms with Crippen LogP contribution in [0.5, 0.6) is 0 Å². The average molecular weight is 268 g/mol. The van der Waals surface area contributed by atoms with Crippen LogP contribution in [0.4, 0.5) is 0 Å². The predicted octanol–water partition coefficient (Wildman–Crippen LogP) is 3.96. The molecule has 4 heteroatoms. The van der Waals surface area contributed by atoms with Gasteiger partial charge in [-0.2, -0.15) is 11.8 Å². The van der Waals surface area contributed by atoms with E-state index in [1.807, 2.05) is 23.9 Å². The van der Waals surface area contributed by atoms with Crippen LogP contribution in [-0.2, 0) is 5.75 Å². The first-order valence-electron chi connectivity index (χ1n) is 5.78. The predicted molar refractivity (Wildman–Crippen MR) is 77.7 cm³/mol. The first-order chi connectivity index (χ1) is 7.88. The fourth-order valence-electron chi connectivity index (χ4n) is 1.36. The normalized spacial score (nSPS) is 11.5. The molecule has 0 aromatic heterocycles. The number of hydrogen-bond donors (Lipinski definition) is 1. The average Bonchev–Trinajstić information content (AvgIpc) is 2.23. The molecule has 0 bridgehead atoms. The Balaban J connectivity index is 2.42. The Labute approximate surface area is 108 Å². The quantitative estimate of drug-likeness (QED) is 0.627. The van der Waals surface area contributed by atoms with Crippen LogP contribution in [0.2, 0.25) is 25.7 Å². The molecule has 2 nitrogen and oxygen atoms in total. The molecule has 17 heavy (non-hydrogen) atoms. The van der Waals surface area contributed by atoms with Gasteiger partial charge in [0, 0.05) is 13.8 Å². The lowest BCUT2D eigenvalue weighted by atomic mass is 10.1. The number of thioether (sulfide) groups is 1. The Bertz CT molecular complexity index is 385. The summed E-state index contributed by atoms with van der Waals surface area (Å²) in [5, 5.41) is 8.89. The molecule has 0 saturated heterocycles. The third-order valence-corrected chi connectivity index (χ3v) is 5.58. The van der Waals surface area contributed by atoms with Crippen molar-refractivity contribution in [3.05, 3.63) is 35.4 Å². The van der Waals surface area contributed by atoms with Gasteiger partial charge in [0.1, 0.15) is 0 Å². The first kappa shape index (κ1) is 14.3. The summed E-state index contributed by atoms with van der Waals surface area (Å²) in [6, 6.07) is 8.53. The SMILES string of the molecule is C[Si](C)(C)CCSCc1cccc(C(=O)O)c1. The highest BCUT2D eigenvalue weighted by Crippen LogP contribution is 2.18. The summed E-state index contributed by atoms with van der Waals surface area (Å²) in [6.07, 6.45) is 0. The molecule has 1 aromatic carbocycles. The van der Waals surface area contributed by atoms with Gasteiger partial charge in [-0.25, -0.2) is 4.79 Å². The van der Waals surface area contributed by atoms with Crippen LogP contribution in [0.1, 0.15) is 15.9 Å². The maximum absolute atomic E-state index is 10.8. The minimum absolute atomic E-state index is 0.383. The second-order valence-corrected chi connectivity index (χ2v) is 12.1. The highest BCUT2D eigenvalue weighted by molar-refractivity contribution is 7.98. The van der Waals surface area contributed by atoms with E-state index in [2.05, 4.69) is 19.6 Å². The zero-order valence-corrected chi connectivity index (χ0v) is 12.5. The van der Waals surface area contributed by atoms with Crippen molar-refractivity contribution in [1.29, 1.82) is 0 Å². The highest BCUT2D eigenvalue weighted by atomic mass is 32.2. The van der Waals surface area contributed by atoms with E-state index in [1.54, 1.807) is 12.1 Å². The van der Waals surface area contributed by atoms with Crippen molar-refractivity contribution in [3.8, 4) is 0 Å². The Morgan fingerprint density at radius 3 is 2.65 bits per heavy atom. The third-order valence-electron chi connectivity index (χ3n) is 2.44. The van der Waals surface area contributed by atoms with Gasteiger partial charge in [-0.1, -0.05) is 31.8 Å². The van der Waals surface area contributed by atoms with Crippen molar-refractivity contribution in [1.82, 2.24) is 0 Å². The lowest BCUT2D eigenvalue weighted by Crippen LogP contribution is -2.19. The van der Waals surface area contributed by atoms with Gasteiger partial charge in [-0.15, -0.1) is 0 Å². The monoisotopic (exact) mass is 268 g/mol. The van der Waals surface area contributed by atoms with Crippen LogP contribution < -0.4 is 0 Å². The molecule has 0 atom stereocenters. The molecule has 0 amide bonds. The molecule has 0 radical (unpaired) electrons. The number of hydrogen-bond acceptors (Lipinski definition) is 2. The lowest BCUT2D eigenvalue weighted by molar-refractivity contribution is 0.0697. The summed E-state index contributed by atoms with van der Waals surface area (Å²) < 4.78 is 0. The largest absolute Gasteiger partial charge is 0.478 e. The fraction of sp³-hybridized carbons (Fsp3) is 0.462. The number of aromatic carboxylic acids is 1. The Morgan fingerprint density at radius 2 is 2.06 bits per heavy atom. The van der Waals surface area contributed by atoms with Crippen molar-refractivity contribution in [2.24, 2.45) is 0 Å². The molecular formula is C13H20O2SSi. The fourth-order valence-corrected chi connectivity index (χ4v) is 4.95. The smallest absolute Gasteiger partial charge is 0.335 e. The second kappa shape index (κ2) is 6.26. The molecule has 0 spiro atoms. The molecular weight excluding hydrogens is 248 g/mol. The summed E-state index contributed by atoms with van der Waals surface area (Å²) >= 11 is 1.90. The minimum atomic E-state index is -0.939. The van der Waals surface area contributed by atoms with Crippen LogP contribution in [0.25, 0.3) is 0 Å². The van der Waals surface area contributed by atoms with Crippen LogP contribution in [0.3, 0.4) is 0 Å². The van der Waals surface area contributed by atoms with Gasteiger partial charge in [-0.05, 0) is 29.5 Å². The van der Waals surface area contributed by atoms with Crippen molar-refractivity contribution >= 4 is 25.8 Å². The zero-order chi connectivity index (χ0) is 12.9. The summed E-state index contributed by atoms with van der Waals surface area (Å²) in [6.45, 7) is 7.12. The summed E-state index contributed by atoms with van der Waals surface area (Å²) in [7, 11) is -0.939. The Kier molecular flexibility index (Phi) is 5.27. The molecule has 0 heterocycles. The van der Waals surface area contributed by atoms with Crippen LogP contribution in [0.15, 0.2) is 24.3 Å². The van der Waals surface area contributed by atoms with Crippen LogP contribution >= 0.6 is 11.8 Å². The summed E-state index contributed by atoms with van der Waals surface area (Å²) in [5.41, 5.74) is 1.48. The van der Waals surface area contributed by atoms with Gasteiger partial charge in [0.2, 0.25) is 0 Å². The van der Waals surface area contributed by atoms with Gasteiger partial charge in [0.05, 0.1) is 5.56 Å². The molecule has 0 aliphatic heterocycles. The number of benzene rings is 1. The van der Waals surface area contributed by atoms with Crippen LogP contribution in [0, 0.1) is 0 Å². The summed E-state index contributed by atoms with van der Waals surface area (Å²) in [4.78, 5) is 10.8. The number of carbonyl (C=O) groups is 1. The molecule has 0 aliphatic carbocycles. The van der Waals surface area contributed by atoms with E-state index < -0.39 is 14.0 Å². The molecule has 0 fully saturated rings. The maximum Gasteiger partial charge on any atom is 0.335 e. The molecule has 1 rings (SSSR count). The van der Waals surface area contributed by atoms with Crippen molar-refractivity contribution in [2.45, 2.75) is 31.4 Å². The maximum atomic E-state index is 10.8. The number of carboxylic acids is 1. The van der Waals surface area contributed by atoms with Gasteiger partial charge < -0.3 is 5.11 Å². The van der Waals surface area contributed by atoms with E-state index in [-0.39, 0.29) is 0 Å². The van der Waals surface area contributed by atoms with E-state index >= 15 is 0 Å². The molecule has 1 aromatic rings. The van der Waals surface area contributed by atoms with E-state index in [9.17, 15) is 4.79 Å². The lowest BCUT2D eigenvalue weighted by Gasteiger charge is -2.14. The topological polar surface area (TPSA) is 37.3 Å². The Morgan fingerprint density at radius 1 is 1.35 bits per heavy atom. The molecule has 1 N–H and O–H groups in total. The molecule has 0 unspecified atom stereocenters. The van der Waals surface area contributed by atoms with E-state index in [0.29, 0.717) is 5.56 Å². The standard InChI is InChI=1S/C13H20O2SSi/c1-17(2,3)8-7-16-10-11-5-4-6-12(9-11)13(14)15/h4-6,9H,7-8,10H2,1-3H3,(H,14,15). The van der Waals surface area contributed by atoms with Crippen LogP contribution in [-0.4, -0.2) is 24.9 Å². The minimum Gasteiger partial charge on any atom is -0.478 e. The van der Waals surface area contributed by atoms with Gasteiger partial charge in [-0.3, -0.25) is 0 Å². The highest BCUT2D eigenvalue weighted by Gasteiger charge is 2.12. The van der Waals surface area contributed by atoms with Gasteiger partial charge in [0.25, 0.3) is 0 Å². The summed E-state index contributed by atoms with van der Waals surface area (Å²) in [5.74, 6) is 1.23.